The van der Waals surface area contributed by atoms with Crippen molar-refractivity contribution < 1.29 is 0 Å². The molecular formula is C13H20ClN5. The second-order valence-corrected chi connectivity index (χ2v) is 4.84. The van der Waals surface area contributed by atoms with Crippen LogP contribution in [0.5, 0.6) is 0 Å². The Kier molecular flexibility index (Phi) is 4.27. The number of halogens is 1. The predicted octanol–water partition coefficient (Wildman–Crippen LogP) is 2.13. The first-order valence-electron chi connectivity index (χ1n) is 6.57. The quantitative estimate of drug-likeness (QED) is 0.913. The van der Waals surface area contributed by atoms with Crippen LogP contribution in [0.1, 0.15) is 36.8 Å². The van der Waals surface area contributed by atoms with Crippen LogP contribution in [0, 0.1) is 6.92 Å². The van der Waals surface area contributed by atoms with Crippen LogP contribution in [0.3, 0.4) is 0 Å². The van der Waals surface area contributed by atoms with Crippen LogP contribution in [0.25, 0.3) is 0 Å². The van der Waals surface area contributed by atoms with Gasteiger partial charge in [0.25, 0.3) is 0 Å². The average Bonchev–Trinajstić information content (AvgIpc) is 2.92. The van der Waals surface area contributed by atoms with Gasteiger partial charge in [0.1, 0.15) is 5.82 Å². The van der Waals surface area contributed by atoms with E-state index in [0.717, 1.165) is 40.9 Å². The van der Waals surface area contributed by atoms with E-state index in [9.17, 15) is 0 Å². The maximum absolute atomic E-state index is 6.42. The zero-order valence-electron chi connectivity index (χ0n) is 11.6. The molecule has 0 aromatic carbocycles. The molecule has 2 aromatic heterocycles. The first kappa shape index (κ1) is 14.1. The van der Waals surface area contributed by atoms with Crippen molar-refractivity contribution in [2.75, 3.05) is 0 Å². The lowest BCUT2D eigenvalue weighted by atomic mass is 10.3. The van der Waals surface area contributed by atoms with Crippen LogP contribution in [0.4, 0.5) is 0 Å². The molecule has 0 fully saturated rings. The zero-order chi connectivity index (χ0) is 14.0. The van der Waals surface area contributed by atoms with Crippen molar-refractivity contribution in [1.29, 1.82) is 0 Å². The first-order chi connectivity index (χ1) is 9.12. The Morgan fingerprint density at radius 3 is 2.68 bits per heavy atom. The van der Waals surface area contributed by atoms with E-state index in [4.69, 9.17) is 17.3 Å². The third kappa shape index (κ3) is 2.53. The van der Waals surface area contributed by atoms with Gasteiger partial charge in [0, 0.05) is 19.3 Å². The van der Waals surface area contributed by atoms with E-state index in [1.807, 2.05) is 17.8 Å². The van der Waals surface area contributed by atoms with Crippen LogP contribution in [-0.4, -0.2) is 19.3 Å². The van der Waals surface area contributed by atoms with Gasteiger partial charge in [-0.15, -0.1) is 0 Å². The summed E-state index contributed by atoms with van der Waals surface area (Å²) in [5, 5.41) is 5.30. The summed E-state index contributed by atoms with van der Waals surface area (Å²) in [5.74, 6) is 0.943. The molecule has 0 saturated carbocycles. The lowest BCUT2D eigenvalue weighted by Gasteiger charge is -2.11. The molecule has 2 heterocycles. The highest BCUT2D eigenvalue weighted by Crippen LogP contribution is 2.23. The molecule has 0 aliphatic carbocycles. The highest BCUT2D eigenvalue weighted by atomic mass is 35.5. The molecule has 5 nitrogen and oxygen atoms in total. The van der Waals surface area contributed by atoms with E-state index in [1.54, 1.807) is 0 Å². The van der Waals surface area contributed by atoms with Gasteiger partial charge in [-0.05, 0) is 20.3 Å². The molecule has 0 unspecified atom stereocenters. The van der Waals surface area contributed by atoms with Crippen molar-refractivity contribution in [3.63, 3.8) is 0 Å². The molecule has 2 aromatic rings. The Balaban J connectivity index is 2.42. The second-order valence-electron chi connectivity index (χ2n) is 4.46. The van der Waals surface area contributed by atoms with Gasteiger partial charge in [-0.2, -0.15) is 5.10 Å². The van der Waals surface area contributed by atoms with Gasteiger partial charge in [-0.25, -0.2) is 4.98 Å². The van der Waals surface area contributed by atoms with Crippen molar-refractivity contribution in [2.24, 2.45) is 5.73 Å². The van der Waals surface area contributed by atoms with Gasteiger partial charge >= 0.3 is 0 Å². The molecule has 0 aliphatic rings. The van der Waals surface area contributed by atoms with Gasteiger partial charge in [0.05, 0.1) is 28.6 Å². The fraction of sp³-hybridized carbons (Fsp3) is 0.538. The van der Waals surface area contributed by atoms with Crippen molar-refractivity contribution in [2.45, 2.75) is 46.8 Å². The van der Waals surface area contributed by atoms with Crippen molar-refractivity contribution in [3.8, 4) is 0 Å². The van der Waals surface area contributed by atoms with Crippen molar-refractivity contribution in [1.82, 2.24) is 19.3 Å². The fourth-order valence-corrected chi connectivity index (χ4v) is 2.54. The van der Waals surface area contributed by atoms with Crippen molar-refractivity contribution >= 4 is 11.6 Å². The smallest absolute Gasteiger partial charge is 0.106 e. The highest BCUT2D eigenvalue weighted by molar-refractivity contribution is 6.31. The first-order valence-corrected chi connectivity index (χ1v) is 6.95. The number of hydrogen-bond acceptors (Lipinski definition) is 3. The summed E-state index contributed by atoms with van der Waals surface area (Å²) in [6.07, 6.45) is 2.65. The minimum Gasteiger partial charge on any atom is -0.325 e. The molecule has 19 heavy (non-hydrogen) atoms. The van der Waals surface area contributed by atoms with Crippen LogP contribution in [-0.2, 0) is 26.1 Å². The van der Waals surface area contributed by atoms with E-state index >= 15 is 0 Å². The lowest BCUT2D eigenvalue weighted by Crippen LogP contribution is -2.13. The number of aromatic nitrogens is 4. The van der Waals surface area contributed by atoms with Gasteiger partial charge < -0.3 is 10.3 Å². The highest BCUT2D eigenvalue weighted by Gasteiger charge is 2.16. The van der Waals surface area contributed by atoms with Gasteiger partial charge in [-0.1, -0.05) is 18.5 Å². The molecule has 0 radical (unpaired) electrons. The summed E-state index contributed by atoms with van der Waals surface area (Å²) >= 11 is 6.42. The summed E-state index contributed by atoms with van der Waals surface area (Å²) in [4.78, 5) is 4.31. The summed E-state index contributed by atoms with van der Waals surface area (Å²) < 4.78 is 4.05. The number of aryl methyl sites for hydroxylation is 3. The molecular weight excluding hydrogens is 262 g/mol. The predicted molar refractivity (Wildman–Crippen MR) is 76.2 cm³/mol. The Bertz CT molecular complexity index is 570. The summed E-state index contributed by atoms with van der Waals surface area (Å²) in [6, 6.07) is 0. The minimum atomic E-state index is 0.472. The molecule has 0 atom stereocenters. The van der Waals surface area contributed by atoms with Crippen LogP contribution in [0.15, 0.2) is 6.20 Å². The molecule has 2 rings (SSSR count). The van der Waals surface area contributed by atoms with Crippen LogP contribution < -0.4 is 5.73 Å². The summed E-state index contributed by atoms with van der Waals surface area (Å²) in [6.45, 7) is 8.04. The molecule has 6 heteroatoms. The van der Waals surface area contributed by atoms with Crippen LogP contribution >= 0.6 is 11.6 Å². The maximum atomic E-state index is 6.42. The number of nitrogens with zero attached hydrogens (tertiary/aromatic N) is 4. The SMILES string of the molecule is CCc1nn(CC)c(Cn2c(CN)cnc2C)c1Cl. The topological polar surface area (TPSA) is 61.7 Å². The van der Waals surface area contributed by atoms with E-state index < -0.39 is 0 Å². The molecule has 0 bridgehead atoms. The molecule has 0 spiro atoms. The number of imidazole rings is 1. The number of hydrogen-bond donors (Lipinski definition) is 1. The van der Waals surface area contributed by atoms with Gasteiger partial charge in [-0.3, -0.25) is 4.68 Å². The summed E-state index contributed by atoms with van der Waals surface area (Å²) in [7, 11) is 0. The standard InChI is InChI=1S/C13H20ClN5/c1-4-11-13(14)12(19(5-2)17-11)8-18-9(3)16-7-10(18)6-15/h7H,4-6,8,15H2,1-3H3. The van der Waals surface area contributed by atoms with E-state index in [1.165, 1.54) is 0 Å². The fourth-order valence-electron chi connectivity index (χ4n) is 2.21. The van der Waals surface area contributed by atoms with Gasteiger partial charge in [0.2, 0.25) is 0 Å². The van der Waals surface area contributed by atoms with E-state index in [-0.39, 0.29) is 0 Å². The van der Waals surface area contributed by atoms with E-state index in [2.05, 4.69) is 28.5 Å². The van der Waals surface area contributed by atoms with Crippen molar-refractivity contribution in [3.05, 3.63) is 34.1 Å². The molecule has 0 aliphatic heterocycles. The molecule has 104 valence electrons. The zero-order valence-corrected chi connectivity index (χ0v) is 12.4. The minimum absolute atomic E-state index is 0.472. The lowest BCUT2D eigenvalue weighted by molar-refractivity contribution is 0.583. The second kappa shape index (κ2) is 5.75. The van der Waals surface area contributed by atoms with Gasteiger partial charge in [0.15, 0.2) is 0 Å². The summed E-state index contributed by atoms with van der Waals surface area (Å²) in [5.41, 5.74) is 8.73. The Hall–Kier alpha value is -1.33. The molecule has 0 saturated heterocycles. The molecule has 2 N–H and O–H groups in total. The Morgan fingerprint density at radius 1 is 1.37 bits per heavy atom. The average molecular weight is 282 g/mol. The largest absolute Gasteiger partial charge is 0.325 e. The van der Waals surface area contributed by atoms with Crippen LogP contribution in [0.2, 0.25) is 5.02 Å². The molecule has 0 amide bonds. The number of rotatable bonds is 5. The third-order valence-electron chi connectivity index (χ3n) is 3.35. The Morgan fingerprint density at radius 2 is 2.11 bits per heavy atom. The normalized spacial score (nSPS) is 11.2. The third-order valence-corrected chi connectivity index (χ3v) is 3.79. The monoisotopic (exact) mass is 281 g/mol. The van der Waals surface area contributed by atoms with E-state index in [0.29, 0.717) is 13.1 Å². The number of nitrogens with two attached hydrogens (primary N) is 1. The maximum Gasteiger partial charge on any atom is 0.106 e. The Labute approximate surface area is 118 Å².